The number of rotatable bonds is 55. The van der Waals surface area contributed by atoms with Crippen LogP contribution in [0.3, 0.4) is 0 Å². The number of hydrogen-bond acceptors (Lipinski definition) is 8. The Kier molecular flexibility index (Phi) is 52.9. The Labute approximate surface area is 456 Å². The second kappa shape index (κ2) is 55.0. The van der Waals surface area contributed by atoms with E-state index < -0.39 is 32.5 Å². The molecule has 2 unspecified atom stereocenters. The minimum Gasteiger partial charge on any atom is -0.756 e. The first kappa shape index (κ1) is 71.2. The number of quaternary nitrogens is 1. The number of phosphoric ester groups is 1. The molecule has 0 aliphatic carbocycles. The van der Waals surface area contributed by atoms with E-state index >= 15 is 0 Å². The molecular formula is C64H114NO8P. The molecule has 0 aromatic heterocycles. The molecule has 9 nitrogen and oxygen atoms in total. The van der Waals surface area contributed by atoms with E-state index in [1.54, 1.807) is 0 Å². The van der Waals surface area contributed by atoms with Crippen molar-refractivity contribution in [1.82, 2.24) is 0 Å². The lowest BCUT2D eigenvalue weighted by Gasteiger charge is -2.28. The van der Waals surface area contributed by atoms with Gasteiger partial charge < -0.3 is 27.9 Å². The molecule has 428 valence electrons. The fraction of sp³-hybridized carbons (Fsp3) is 0.750. The van der Waals surface area contributed by atoms with Crippen LogP contribution in [-0.4, -0.2) is 70.0 Å². The Balaban J connectivity index is 4.04. The molecule has 0 aromatic carbocycles. The number of phosphoric acid groups is 1. The summed E-state index contributed by atoms with van der Waals surface area (Å²) in [6.45, 7) is 4.12. The molecule has 0 saturated carbocycles. The zero-order valence-corrected chi connectivity index (χ0v) is 49.4. The molecule has 10 heteroatoms. The highest BCUT2D eigenvalue weighted by molar-refractivity contribution is 7.45. The van der Waals surface area contributed by atoms with Crippen molar-refractivity contribution in [3.05, 3.63) is 85.1 Å². The van der Waals surface area contributed by atoms with Gasteiger partial charge in [0.2, 0.25) is 0 Å². The molecule has 0 rings (SSSR count). The molecule has 0 spiro atoms. The molecular weight excluding hydrogens is 942 g/mol. The number of hydrogen-bond donors (Lipinski definition) is 0. The number of allylic oxidation sites excluding steroid dienone is 14. The van der Waals surface area contributed by atoms with Gasteiger partial charge in [0, 0.05) is 12.8 Å². The Morgan fingerprint density at radius 2 is 0.770 bits per heavy atom. The normalized spacial score (nSPS) is 13.9. The average Bonchev–Trinajstić information content (AvgIpc) is 3.36. The van der Waals surface area contributed by atoms with Crippen molar-refractivity contribution in [2.24, 2.45) is 0 Å². The molecule has 2 atom stereocenters. The number of unbranched alkanes of at least 4 members (excludes halogenated alkanes) is 27. The molecule has 0 fully saturated rings. The second-order valence-electron chi connectivity index (χ2n) is 21.3. The summed E-state index contributed by atoms with van der Waals surface area (Å²) in [5, 5.41) is 0. The van der Waals surface area contributed by atoms with Crippen molar-refractivity contribution in [2.75, 3.05) is 47.5 Å². The smallest absolute Gasteiger partial charge is 0.306 e. The topological polar surface area (TPSA) is 111 Å². The van der Waals surface area contributed by atoms with E-state index in [0.717, 1.165) is 96.3 Å². The molecule has 0 radical (unpaired) electrons. The molecule has 0 aliphatic rings. The summed E-state index contributed by atoms with van der Waals surface area (Å²) in [7, 11) is 1.16. The third-order valence-corrected chi connectivity index (χ3v) is 13.9. The summed E-state index contributed by atoms with van der Waals surface area (Å²) in [5.74, 6) is -0.839. The fourth-order valence-electron chi connectivity index (χ4n) is 8.24. The van der Waals surface area contributed by atoms with Crippen molar-refractivity contribution >= 4 is 19.8 Å². The van der Waals surface area contributed by atoms with Crippen LogP contribution in [0, 0.1) is 0 Å². The second-order valence-corrected chi connectivity index (χ2v) is 22.7. The van der Waals surface area contributed by atoms with Crippen LogP contribution < -0.4 is 4.89 Å². The third kappa shape index (κ3) is 58.5. The molecule has 0 N–H and O–H groups in total. The zero-order chi connectivity index (χ0) is 54.2. The molecule has 0 heterocycles. The predicted molar refractivity (Wildman–Crippen MR) is 314 cm³/mol. The summed E-state index contributed by atoms with van der Waals surface area (Å²) in [6.07, 6.45) is 73.6. The maximum atomic E-state index is 12.8. The van der Waals surface area contributed by atoms with Crippen LogP contribution >= 0.6 is 7.82 Å². The van der Waals surface area contributed by atoms with Gasteiger partial charge in [0.05, 0.1) is 27.7 Å². The van der Waals surface area contributed by atoms with Gasteiger partial charge in [0.1, 0.15) is 19.8 Å². The average molecular weight is 1060 g/mol. The summed E-state index contributed by atoms with van der Waals surface area (Å²) < 4.78 is 34.1. The summed E-state index contributed by atoms with van der Waals surface area (Å²) in [4.78, 5) is 37.8. The van der Waals surface area contributed by atoms with Gasteiger partial charge >= 0.3 is 11.9 Å². The quantitative estimate of drug-likeness (QED) is 0.0195. The maximum absolute atomic E-state index is 12.8. The Hall–Kier alpha value is -2.81. The van der Waals surface area contributed by atoms with Crippen molar-refractivity contribution in [2.45, 2.75) is 264 Å². The minimum atomic E-state index is -4.64. The zero-order valence-electron chi connectivity index (χ0n) is 48.5. The third-order valence-electron chi connectivity index (χ3n) is 12.9. The van der Waals surface area contributed by atoms with Gasteiger partial charge in [0.25, 0.3) is 7.82 Å². The lowest BCUT2D eigenvalue weighted by atomic mass is 10.0. The SMILES string of the molecule is CC/C=C\C/C=C\C/C=C\C/C=C\C/C=C\C/C=C\CCCCCCCCCCCCCCCCCCC(=O)OC(COC(=O)CCCCCCC/C=C\CCCCCCCC)COP(=O)([O-])OCC[N+](C)(C)C. The van der Waals surface area contributed by atoms with Crippen LogP contribution in [-0.2, 0) is 32.7 Å². The summed E-state index contributed by atoms with van der Waals surface area (Å²) in [6, 6.07) is 0. The monoisotopic (exact) mass is 1060 g/mol. The van der Waals surface area contributed by atoms with Crippen molar-refractivity contribution in [3.8, 4) is 0 Å². The molecule has 0 saturated heterocycles. The fourth-order valence-corrected chi connectivity index (χ4v) is 8.97. The van der Waals surface area contributed by atoms with Crippen LogP contribution in [0.15, 0.2) is 85.1 Å². The highest BCUT2D eigenvalue weighted by Gasteiger charge is 2.22. The number of nitrogens with zero attached hydrogens (tertiary/aromatic N) is 1. The van der Waals surface area contributed by atoms with Crippen LogP contribution in [0.1, 0.15) is 258 Å². The van der Waals surface area contributed by atoms with Crippen LogP contribution in [0.4, 0.5) is 0 Å². The van der Waals surface area contributed by atoms with E-state index in [1.807, 2.05) is 21.1 Å². The largest absolute Gasteiger partial charge is 0.756 e. The van der Waals surface area contributed by atoms with Gasteiger partial charge in [-0.15, -0.1) is 0 Å². The number of esters is 2. The first-order chi connectivity index (χ1) is 36.0. The van der Waals surface area contributed by atoms with E-state index in [1.165, 1.54) is 128 Å². The molecule has 0 aromatic rings. The first-order valence-electron chi connectivity index (χ1n) is 30.3. The lowest BCUT2D eigenvalue weighted by Crippen LogP contribution is -2.37. The van der Waals surface area contributed by atoms with Crippen LogP contribution in [0.5, 0.6) is 0 Å². The van der Waals surface area contributed by atoms with Gasteiger partial charge in [-0.1, -0.05) is 240 Å². The van der Waals surface area contributed by atoms with E-state index in [4.69, 9.17) is 18.5 Å². The van der Waals surface area contributed by atoms with E-state index in [2.05, 4.69) is 98.9 Å². The van der Waals surface area contributed by atoms with Crippen molar-refractivity contribution in [3.63, 3.8) is 0 Å². The van der Waals surface area contributed by atoms with Gasteiger partial charge in [-0.05, 0) is 89.9 Å². The Morgan fingerprint density at radius 3 is 1.16 bits per heavy atom. The summed E-state index contributed by atoms with van der Waals surface area (Å²) in [5.41, 5.74) is 0. The minimum absolute atomic E-state index is 0.0336. The Morgan fingerprint density at radius 1 is 0.432 bits per heavy atom. The van der Waals surface area contributed by atoms with E-state index in [-0.39, 0.29) is 26.1 Å². The van der Waals surface area contributed by atoms with Crippen molar-refractivity contribution < 1.29 is 42.1 Å². The highest BCUT2D eigenvalue weighted by atomic mass is 31.2. The molecule has 0 bridgehead atoms. The van der Waals surface area contributed by atoms with Crippen LogP contribution in [0.25, 0.3) is 0 Å². The summed E-state index contributed by atoms with van der Waals surface area (Å²) >= 11 is 0. The number of carbonyl (C=O) groups excluding carboxylic acids is 2. The van der Waals surface area contributed by atoms with Crippen LogP contribution in [0.2, 0.25) is 0 Å². The Bertz CT molecular complexity index is 1520. The van der Waals surface area contributed by atoms with E-state index in [0.29, 0.717) is 17.4 Å². The molecule has 0 amide bonds. The van der Waals surface area contributed by atoms with Gasteiger partial charge in [-0.25, -0.2) is 0 Å². The van der Waals surface area contributed by atoms with Crippen molar-refractivity contribution in [1.29, 1.82) is 0 Å². The predicted octanol–water partition coefficient (Wildman–Crippen LogP) is 18.4. The number of likely N-dealkylation sites (N-methyl/N-ethyl adjacent to an activating group) is 1. The van der Waals surface area contributed by atoms with Gasteiger partial charge in [-0.2, -0.15) is 0 Å². The van der Waals surface area contributed by atoms with Gasteiger partial charge in [0.15, 0.2) is 6.10 Å². The highest BCUT2D eigenvalue weighted by Crippen LogP contribution is 2.38. The van der Waals surface area contributed by atoms with Gasteiger partial charge in [-0.3, -0.25) is 14.2 Å². The first-order valence-corrected chi connectivity index (χ1v) is 31.8. The maximum Gasteiger partial charge on any atom is 0.306 e. The standard InChI is InChI=1S/C64H114NO8P/c1-6-8-10-12-14-16-18-20-22-23-24-25-26-27-28-29-30-31-32-33-34-35-36-37-38-39-40-41-43-45-47-49-51-53-55-57-64(67)73-62(61-72-74(68,69)71-59-58-65(3,4)5)60-70-63(66)56-54-52-50-48-46-44-42-21-19-17-15-13-11-9-7-2/h8,10,14,16,20-22,24-25,27-28,30-31,42,62H,6-7,9,11-13,15,17-19,23,26,29,32-41,43-61H2,1-5H3/b10-8-,16-14-,22-20-,25-24-,28-27-,31-30-,42-21-. The molecule has 74 heavy (non-hydrogen) atoms. The number of carbonyl (C=O) groups is 2. The molecule has 0 aliphatic heterocycles. The van der Waals surface area contributed by atoms with E-state index in [9.17, 15) is 19.0 Å². The lowest BCUT2D eigenvalue weighted by molar-refractivity contribution is -0.870. The number of ether oxygens (including phenoxy) is 2.